The van der Waals surface area contributed by atoms with Crippen LogP contribution in [0.25, 0.3) is 0 Å². The number of nitrogens with zero attached hydrogens (tertiary/aromatic N) is 2. The van der Waals surface area contributed by atoms with Crippen LogP contribution < -0.4 is 5.32 Å². The molecule has 0 saturated heterocycles. The fourth-order valence-electron chi connectivity index (χ4n) is 1.23. The van der Waals surface area contributed by atoms with Gasteiger partial charge >= 0.3 is 0 Å². The SMILES string of the molecule is ON1CCN=C1Nc1ccccc1Br. The number of anilines is 1. The van der Waals surface area contributed by atoms with E-state index in [9.17, 15) is 5.21 Å². The lowest BCUT2D eigenvalue weighted by molar-refractivity contribution is -0.00270. The van der Waals surface area contributed by atoms with Crippen molar-refractivity contribution in [3.05, 3.63) is 28.7 Å². The lowest BCUT2D eigenvalue weighted by Crippen LogP contribution is -2.29. The fourth-order valence-corrected chi connectivity index (χ4v) is 1.61. The molecular weight excluding hydrogens is 246 g/mol. The van der Waals surface area contributed by atoms with Gasteiger partial charge in [-0.2, -0.15) is 0 Å². The molecule has 1 aliphatic heterocycles. The number of rotatable bonds is 1. The third kappa shape index (κ3) is 1.88. The van der Waals surface area contributed by atoms with Crippen LogP contribution in [-0.4, -0.2) is 29.3 Å². The summed E-state index contributed by atoms with van der Waals surface area (Å²) in [5.74, 6) is 0.497. The molecule has 1 aromatic rings. The van der Waals surface area contributed by atoms with E-state index >= 15 is 0 Å². The van der Waals surface area contributed by atoms with Gasteiger partial charge in [0.25, 0.3) is 0 Å². The van der Waals surface area contributed by atoms with Crippen molar-refractivity contribution < 1.29 is 5.21 Å². The minimum absolute atomic E-state index is 0.497. The van der Waals surface area contributed by atoms with Gasteiger partial charge in [-0.15, -0.1) is 0 Å². The first-order chi connectivity index (χ1) is 6.77. The zero-order chi connectivity index (χ0) is 9.97. The Balaban J connectivity index is 2.15. The average molecular weight is 256 g/mol. The average Bonchev–Trinajstić information content (AvgIpc) is 2.56. The highest BCUT2D eigenvalue weighted by Crippen LogP contribution is 2.21. The van der Waals surface area contributed by atoms with E-state index in [1.807, 2.05) is 24.3 Å². The number of hydrogen-bond acceptors (Lipinski definition) is 4. The van der Waals surface area contributed by atoms with Crippen LogP contribution in [0.2, 0.25) is 0 Å². The quantitative estimate of drug-likeness (QED) is 0.807. The number of benzene rings is 1. The molecule has 1 aromatic carbocycles. The number of para-hydroxylation sites is 1. The van der Waals surface area contributed by atoms with Crippen molar-refractivity contribution >= 4 is 27.6 Å². The molecule has 2 N–H and O–H groups in total. The monoisotopic (exact) mass is 255 g/mol. The van der Waals surface area contributed by atoms with Crippen LogP contribution in [0, 0.1) is 0 Å². The minimum Gasteiger partial charge on any atom is -0.323 e. The number of hydroxylamine groups is 2. The van der Waals surface area contributed by atoms with Crippen LogP contribution in [0.5, 0.6) is 0 Å². The van der Waals surface area contributed by atoms with Gasteiger partial charge in [0.15, 0.2) is 0 Å². The Bertz CT molecular complexity index is 367. The molecule has 0 bridgehead atoms. The predicted molar refractivity (Wildman–Crippen MR) is 58.6 cm³/mol. The molecule has 1 aliphatic rings. The third-order valence-corrected chi connectivity index (χ3v) is 2.63. The van der Waals surface area contributed by atoms with Gasteiger partial charge in [0.1, 0.15) is 0 Å². The van der Waals surface area contributed by atoms with E-state index in [1.54, 1.807) is 0 Å². The fraction of sp³-hybridized carbons (Fsp3) is 0.222. The van der Waals surface area contributed by atoms with Gasteiger partial charge in [-0.1, -0.05) is 12.1 Å². The second kappa shape index (κ2) is 3.98. The van der Waals surface area contributed by atoms with Crippen LogP contribution in [0.3, 0.4) is 0 Å². The molecular formula is C9H10BrN3O. The van der Waals surface area contributed by atoms with Gasteiger partial charge in [-0.05, 0) is 28.1 Å². The lowest BCUT2D eigenvalue weighted by atomic mass is 10.3. The molecule has 1 heterocycles. The summed E-state index contributed by atoms with van der Waals surface area (Å²) in [5.41, 5.74) is 0.896. The number of hydrogen-bond donors (Lipinski definition) is 2. The van der Waals surface area contributed by atoms with Crippen molar-refractivity contribution in [3.63, 3.8) is 0 Å². The summed E-state index contributed by atoms with van der Waals surface area (Å²) in [5, 5.41) is 13.5. The Morgan fingerprint density at radius 3 is 2.86 bits per heavy atom. The van der Waals surface area contributed by atoms with Crippen LogP contribution in [-0.2, 0) is 0 Å². The van der Waals surface area contributed by atoms with Crippen molar-refractivity contribution in [1.29, 1.82) is 0 Å². The van der Waals surface area contributed by atoms with Crippen molar-refractivity contribution in [2.24, 2.45) is 4.99 Å². The Labute approximate surface area is 90.3 Å². The molecule has 0 saturated carbocycles. The van der Waals surface area contributed by atoms with Gasteiger partial charge in [0.2, 0.25) is 5.96 Å². The molecule has 0 atom stereocenters. The number of aliphatic imine (C=N–C) groups is 1. The predicted octanol–water partition coefficient (Wildman–Crippen LogP) is 1.92. The molecule has 0 unspecified atom stereocenters. The van der Waals surface area contributed by atoms with E-state index in [2.05, 4.69) is 26.2 Å². The van der Waals surface area contributed by atoms with E-state index < -0.39 is 0 Å². The second-order valence-electron chi connectivity index (χ2n) is 2.93. The summed E-state index contributed by atoms with van der Waals surface area (Å²) >= 11 is 3.41. The van der Waals surface area contributed by atoms with Gasteiger partial charge in [-0.3, -0.25) is 5.21 Å². The normalized spacial score (nSPS) is 15.6. The maximum Gasteiger partial charge on any atom is 0.222 e. The lowest BCUT2D eigenvalue weighted by Gasteiger charge is -2.13. The second-order valence-corrected chi connectivity index (χ2v) is 3.79. The zero-order valence-electron chi connectivity index (χ0n) is 7.44. The zero-order valence-corrected chi connectivity index (χ0v) is 9.03. The highest BCUT2D eigenvalue weighted by Gasteiger charge is 2.14. The first-order valence-corrected chi connectivity index (χ1v) is 5.09. The van der Waals surface area contributed by atoms with E-state index in [0.717, 1.165) is 15.2 Å². The van der Waals surface area contributed by atoms with Crippen LogP contribution in [0.15, 0.2) is 33.7 Å². The van der Waals surface area contributed by atoms with E-state index in [-0.39, 0.29) is 0 Å². The molecule has 0 spiro atoms. The van der Waals surface area contributed by atoms with Gasteiger partial charge in [0.05, 0.1) is 18.8 Å². The van der Waals surface area contributed by atoms with E-state index in [0.29, 0.717) is 19.0 Å². The summed E-state index contributed by atoms with van der Waals surface area (Å²) in [6.07, 6.45) is 0. The maximum atomic E-state index is 9.37. The highest BCUT2D eigenvalue weighted by atomic mass is 79.9. The molecule has 0 radical (unpaired) electrons. The van der Waals surface area contributed by atoms with Gasteiger partial charge < -0.3 is 5.32 Å². The third-order valence-electron chi connectivity index (χ3n) is 1.94. The number of halogens is 1. The molecule has 2 rings (SSSR count). The van der Waals surface area contributed by atoms with Crippen molar-refractivity contribution in [2.75, 3.05) is 18.4 Å². The molecule has 5 heteroatoms. The Morgan fingerprint density at radius 1 is 1.43 bits per heavy atom. The van der Waals surface area contributed by atoms with Crippen molar-refractivity contribution in [2.45, 2.75) is 0 Å². The molecule has 0 aliphatic carbocycles. The van der Waals surface area contributed by atoms with Crippen molar-refractivity contribution in [1.82, 2.24) is 5.06 Å². The molecule has 0 aromatic heterocycles. The Kier molecular flexibility index (Phi) is 2.69. The van der Waals surface area contributed by atoms with Gasteiger partial charge in [0, 0.05) is 4.47 Å². The first-order valence-electron chi connectivity index (χ1n) is 4.30. The topological polar surface area (TPSA) is 47.9 Å². The van der Waals surface area contributed by atoms with E-state index in [4.69, 9.17) is 0 Å². The molecule has 0 fully saturated rings. The summed E-state index contributed by atoms with van der Waals surface area (Å²) in [4.78, 5) is 4.11. The minimum atomic E-state index is 0.497. The smallest absolute Gasteiger partial charge is 0.222 e. The molecule has 74 valence electrons. The molecule has 14 heavy (non-hydrogen) atoms. The Hall–Kier alpha value is -1.07. The maximum absolute atomic E-state index is 9.37. The van der Waals surface area contributed by atoms with Crippen LogP contribution >= 0.6 is 15.9 Å². The van der Waals surface area contributed by atoms with Crippen LogP contribution in [0.1, 0.15) is 0 Å². The summed E-state index contributed by atoms with van der Waals surface area (Å²) < 4.78 is 0.947. The van der Waals surface area contributed by atoms with Crippen LogP contribution in [0.4, 0.5) is 5.69 Å². The van der Waals surface area contributed by atoms with Crippen molar-refractivity contribution in [3.8, 4) is 0 Å². The summed E-state index contributed by atoms with van der Waals surface area (Å²) in [6.45, 7) is 1.18. The number of guanidine groups is 1. The number of nitrogens with one attached hydrogen (secondary N) is 1. The highest BCUT2D eigenvalue weighted by molar-refractivity contribution is 9.10. The first kappa shape index (κ1) is 9.48. The largest absolute Gasteiger partial charge is 0.323 e. The summed E-state index contributed by atoms with van der Waals surface area (Å²) in [7, 11) is 0. The van der Waals surface area contributed by atoms with E-state index in [1.165, 1.54) is 0 Å². The standard InChI is InChI=1S/C9H10BrN3O/c10-7-3-1-2-4-8(7)12-9-11-5-6-13(9)14/h1-4,14H,5-6H2,(H,11,12). The van der Waals surface area contributed by atoms with Gasteiger partial charge in [-0.25, -0.2) is 10.1 Å². The summed E-state index contributed by atoms with van der Waals surface area (Å²) in [6, 6.07) is 7.70. The molecule has 0 amide bonds. The molecule has 4 nitrogen and oxygen atoms in total. The Morgan fingerprint density at radius 2 is 2.21 bits per heavy atom.